The van der Waals surface area contributed by atoms with Crippen LogP contribution in [0.5, 0.6) is 0 Å². The normalized spacial score (nSPS) is 15.2. The first-order valence-electron chi connectivity index (χ1n) is 16.6. The van der Waals surface area contributed by atoms with Crippen molar-refractivity contribution in [3.8, 4) is 0 Å². The van der Waals surface area contributed by atoms with Crippen LogP contribution in [0.2, 0.25) is 0 Å². The van der Waals surface area contributed by atoms with Gasteiger partial charge in [0.15, 0.2) is 0 Å². The van der Waals surface area contributed by atoms with E-state index in [1.54, 1.807) is 51.1 Å². The summed E-state index contributed by atoms with van der Waals surface area (Å²) in [5, 5.41) is 22.5. The number of carbonyl (C=O) groups excluding carboxylic acids is 4. The molecule has 0 bridgehead atoms. The molecule has 0 atom stereocenters. The zero-order chi connectivity index (χ0) is 34.7. The Bertz CT molecular complexity index is 1320. The minimum absolute atomic E-state index is 0.127. The second-order valence-corrected chi connectivity index (χ2v) is 12.3. The van der Waals surface area contributed by atoms with Gasteiger partial charge in [-0.05, 0) is 87.0 Å². The summed E-state index contributed by atoms with van der Waals surface area (Å²) in [6.45, 7) is 3.20. The van der Waals surface area contributed by atoms with Crippen LogP contribution in [0.1, 0.15) is 75.3 Å². The van der Waals surface area contributed by atoms with Crippen molar-refractivity contribution in [2.45, 2.75) is 77.3 Å². The van der Waals surface area contributed by atoms with E-state index in [9.17, 15) is 28.0 Å². The first-order chi connectivity index (χ1) is 23.2. The van der Waals surface area contributed by atoms with Crippen molar-refractivity contribution in [2.75, 3.05) is 26.2 Å². The summed E-state index contributed by atoms with van der Waals surface area (Å²) < 4.78 is 26.6. The van der Waals surface area contributed by atoms with Gasteiger partial charge in [0.05, 0.1) is 0 Å². The Labute approximate surface area is 280 Å². The van der Waals surface area contributed by atoms with E-state index in [4.69, 9.17) is 10.4 Å². The fraction of sp³-hybridized carbons (Fsp3) is 0.529. The van der Waals surface area contributed by atoms with Crippen molar-refractivity contribution in [1.82, 2.24) is 31.4 Å². The van der Waals surface area contributed by atoms with Crippen molar-refractivity contribution in [3.63, 3.8) is 0 Å². The van der Waals surface area contributed by atoms with Crippen LogP contribution in [0.3, 0.4) is 0 Å². The van der Waals surface area contributed by atoms with E-state index in [0.29, 0.717) is 63.0 Å². The third-order valence-electron chi connectivity index (χ3n) is 8.81. The van der Waals surface area contributed by atoms with Crippen LogP contribution >= 0.6 is 0 Å². The highest BCUT2D eigenvalue weighted by molar-refractivity contribution is 5.75. The number of hydrogen-bond acceptors (Lipinski definition) is 6. The van der Waals surface area contributed by atoms with Gasteiger partial charge in [-0.3, -0.25) is 20.0 Å². The van der Waals surface area contributed by atoms with Crippen molar-refractivity contribution in [2.24, 2.45) is 11.8 Å². The zero-order valence-electron chi connectivity index (χ0n) is 27.3. The molecule has 0 saturated carbocycles. The molecule has 2 fully saturated rings. The fourth-order valence-electron chi connectivity index (χ4n) is 5.92. The molecule has 2 heterocycles. The van der Waals surface area contributed by atoms with E-state index in [1.165, 1.54) is 18.2 Å². The maximum atomic E-state index is 13.5. The van der Waals surface area contributed by atoms with Crippen molar-refractivity contribution < 1.29 is 38.4 Å². The Balaban J connectivity index is 0.000000260. The molecule has 14 heteroatoms. The van der Waals surface area contributed by atoms with Crippen LogP contribution < -0.4 is 21.6 Å². The van der Waals surface area contributed by atoms with Gasteiger partial charge in [-0.1, -0.05) is 30.3 Å². The summed E-state index contributed by atoms with van der Waals surface area (Å²) in [6, 6.07) is 12.3. The van der Waals surface area contributed by atoms with Gasteiger partial charge in [0.25, 0.3) is 0 Å². The first kappa shape index (κ1) is 38.2. The van der Waals surface area contributed by atoms with E-state index in [2.05, 4.69) is 10.6 Å². The first-order valence-corrected chi connectivity index (χ1v) is 16.6. The molecule has 2 aromatic carbocycles. The Morgan fingerprint density at radius 1 is 0.688 bits per heavy atom. The molecule has 0 unspecified atom stereocenters. The van der Waals surface area contributed by atoms with Gasteiger partial charge in [-0.25, -0.2) is 29.3 Å². The van der Waals surface area contributed by atoms with E-state index in [0.717, 1.165) is 56.9 Å². The Morgan fingerprint density at radius 2 is 1.19 bits per heavy atom. The average molecular weight is 675 g/mol. The molecule has 2 aromatic rings. The number of nitrogens with zero attached hydrogens (tertiary/aromatic N) is 2. The molecule has 0 spiro atoms. The number of hydroxylamine groups is 2. The predicted octanol–water partition coefficient (Wildman–Crippen LogP) is 4.85. The summed E-state index contributed by atoms with van der Waals surface area (Å²) in [5.41, 5.74) is 4.47. The molecule has 4 rings (SSSR count). The van der Waals surface area contributed by atoms with Crippen LogP contribution in [0.4, 0.5) is 18.4 Å². The molecule has 6 amide bonds. The van der Waals surface area contributed by atoms with Gasteiger partial charge < -0.3 is 20.4 Å². The van der Waals surface area contributed by atoms with E-state index in [-0.39, 0.29) is 42.1 Å². The van der Waals surface area contributed by atoms with E-state index in [1.807, 2.05) is 0 Å². The number of benzene rings is 2. The van der Waals surface area contributed by atoms with Crippen LogP contribution in [0.15, 0.2) is 48.5 Å². The third kappa shape index (κ3) is 13.8. The monoisotopic (exact) mass is 674 g/mol. The van der Waals surface area contributed by atoms with Crippen LogP contribution in [0.25, 0.3) is 0 Å². The summed E-state index contributed by atoms with van der Waals surface area (Å²) in [5.74, 6) is -0.346. The van der Waals surface area contributed by atoms with Crippen molar-refractivity contribution >= 4 is 23.9 Å². The number of halogens is 2. The lowest BCUT2D eigenvalue weighted by atomic mass is 9.91. The summed E-state index contributed by atoms with van der Waals surface area (Å²) in [4.78, 5) is 49.7. The van der Waals surface area contributed by atoms with E-state index < -0.39 is 0 Å². The molecule has 0 radical (unpaired) electrons. The molecule has 12 nitrogen and oxygen atoms in total. The largest absolute Gasteiger partial charge is 0.334 e. The lowest BCUT2D eigenvalue weighted by Crippen LogP contribution is -2.44. The number of rotatable bonds is 12. The molecule has 2 saturated heterocycles. The lowest BCUT2D eigenvalue weighted by Gasteiger charge is -2.32. The summed E-state index contributed by atoms with van der Waals surface area (Å²) in [6.07, 6.45) is 7.57. The van der Waals surface area contributed by atoms with Gasteiger partial charge in [-0.2, -0.15) is 0 Å². The Morgan fingerprint density at radius 3 is 1.67 bits per heavy atom. The number of nitrogens with one attached hydrogen (secondary N) is 4. The second kappa shape index (κ2) is 20.8. The quantitative estimate of drug-likeness (QED) is 0.139. The topological polar surface area (TPSA) is 163 Å². The Kier molecular flexibility index (Phi) is 16.6. The average Bonchev–Trinajstić information content (AvgIpc) is 3.11. The number of likely N-dealkylation sites (tertiary alicyclic amines) is 2. The second-order valence-electron chi connectivity index (χ2n) is 12.3. The Hall–Kier alpha value is -4.30. The van der Waals surface area contributed by atoms with Gasteiger partial charge in [0, 0.05) is 57.7 Å². The highest BCUT2D eigenvalue weighted by Crippen LogP contribution is 2.24. The minimum Gasteiger partial charge on any atom is -0.334 e. The third-order valence-corrected chi connectivity index (χ3v) is 8.81. The lowest BCUT2D eigenvalue weighted by molar-refractivity contribution is -0.130. The van der Waals surface area contributed by atoms with Crippen LogP contribution in [0, 0.1) is 23.5 Å². The molecule has 48 heavy (non-hydrogen) atoms. The highest BCUT2D eigenvalue weighted by Gasteiger charge is 2.24. The molecule has 0 aliphatic carbocycles. The standard InChI is InChI=1S/2C17H24FN3O3/c18-15-5-1-4-14(11-15)12-19-17(23)21-9-7-13(8-10-21)3-2-6-16(22)20-24;18-15-6-2-1-5-14(15)12-19-17(23)21-10-8-13(9-11-21)4-3-7-16(22)20-24/h1,4-5,11,13,24H,2-3,6-10,12H2,(H,19,23)(H,20,22);1-2,5-6,13,24H,3-4,7-12H2,(H,19,23)(H,20,22). The summed E-state index contributed by atoms with van der Waals surface area (Å²) in [7, 11) is 0. The number of urea groups is 2. The van der Waals surface area contributed by atoms with Gasteiger partial charge in [-0.15, -0.1) is 0 Å². The zero-order valence-corrected chi connectivity index (χ0v) is 27.3. The van der Waals surface area contributed by atoms with Gasteiger partial charge in [0.2, 0.25) is 11.8 Å². The van der Waals surface area contributed by atoms with Crippen LogP contribution in [-0.2, 0) is 22.7 Å². The number of carbonyl (C=O) groups is 4. The molecule has 2 aliphatic heterocycles. The predicted molar refractivity (Wildman–Crippen MR) is 173 cm³/mol. The number of hydrogen-bond donors (Lipinski definition) is 6. The number of piperidine rings is 2. The maximum Gasteiger partial charge on any atom is 0.317 e. The molecule has 6 N–H and O–H groups in total. The van der Waals surface area contributed by atoms with Crippen molar-refractivity contribution in [3.05, 3.63) is 71.3 Å². The molecule has 2 aliphatic rings. The van der Waals surface area contributed by atoms with Crippen LogP contribution in [-0.4, -0.2) is 70.3 Å². The van der Waals surface area contributed by atoms with Gasteiger partial charge >= 0.3 is 12.1 Å². The molecule has 264 valence electrons. The highest BCUT2D eigenvalue weighted by atomic mass is 19.1. The summed E-state index contributed by atoms with van der Waals surface area (Å²) >= 11 is 0. The van der Waals surface area contributed by atoms with Gasteiger partial charge in [0.1, 0.15) is 11.6 Å². The SMILES string of the molecule is O=C(CCCC1CCN(C(=O)NCc2cccc(F)c2)CC1)NO.O=C(CCCC1CCN(C(=O)NCc2ccccc2F)CC1)NO. The smallest absolute Gasteiger partial charge is 0.317 e. The molecular formula is C34H48F2N6O6. The number of amides is 6. The molecule has 0 aromatic heterocycles. The van der Waals surface area contributed by atoms with Crippen molar-refractivity contribution in [1.29, 1.82) is 0 Å². The molecular weight excluding hydrogens is 626 g/mol. The minimum atomic E-state index is -0.361. The fourth-order valence-corrected chi connectivity index (χ4v) is 5.92. The van der Waals surface area contributed by atoms with E-state index >= 15 is 0 Å². The maximum absolute atomic E-state index is 13.5.